The SMILES string of the molecule is C=C(C)C(=O)OCCOC(=O)c1ccc2cc(OC(C)C)ccc2c1. The first-order valence-electron chi connectivity index (χ1n) is 8.07. The number of carbonyl (C=O) groups is 2. The van der Waals surface area contributed by atoms with Crippen molar-refractivity contribution in [3.05, 3.63) is 54.1 Å². The lowest BCUT2D eigenvalue weighted by Crippen LogP contribution is -2.14. The molecule has 2 rings (SSSR count). The van der Waals surface area contributed by atoms with Crippen molar-refractivity contribution in [1.82, 2.24) is 0 Å². The Hall–Kier alpha value is -2.82. The van der Waals surface area contributed by atoms with E-state index < -0.39 is 11.9 Å². The van der Waals surface area contributed by atoms with Gasteiger partial charge in [-0.25, -0.2) is 9.59 Å². The molecule has 0 fully saturated rings. The number of carbonyl (C=O) groups excluding carboxylic acids is 2. The van der Waals surface area contributed by atoms with Crippen molar-refractivity contribution in [2.75, 3.05) is 13.2 Å². The van der Waals surface area contributed by atoms with Crippen LogP contribution in [0.5, 0.6) is 5.75 Å². The Bertz CT molecular complexity index is 792. The fourth-order valence-electron chi connectivity index (χ4n) is 2.17. The lowest BCUT2D eigenvalue weighted by molar-refractivity contribution is -0.140. The van der Waals surface area contributed by atoms with Crippen LogP contribution in [0.3, 0.4) is 0 Å². The molecule has 0 saturated heterocycles. The van der Waals surface area contributed by atoms with Crippen molar-refractivity contribution >= 4 is 22.7 Å². The third kappa shape index (κ3) is 5.35. The molecule has 0 aliphatic carbocycles. The second-order valence-corrected chi connectivity index (χ2v) is 5.94. The number of hydrogen-bond acceptors (Lipinski definition) is 5. The topological polar surface area (TPSA) is 61.8 Å². The number of fused-ring (bicyclic) bond motifs is 1. The highest BCUT2D eigenvalue weighted by Crippen LogP contribution is 2.23. The Kier molecular flexibility index (Phi) is 6.17. The highest BCUT2D eigenvalue weighted by atomic mass is 16.6. The van der Waals surface area contributed by atoms with Crippen LogP contribution in [0, 0.1) is 0 Å². The van der Waals surface area contributed by atoms with E-state index >= 15 is 0 Å². The van der Waals surface area contributed by atoms with Crippen LogP contribution in [0.1, 0.15) is 31.1 Å². The van der Waals surface area contributed by atoms with E-state index in [1.807, 2.05) is 38.1 Å². The zero-order valence-corrected chi connectivity index (χ0v) is 14.7. The molecule has 5 nitrogen and oxygen atoms in total. The lowest BCUT2D eigenvalue weighted by Gasteiger charge is -2.11. The van der Waals surface area contributed by atoms with Gasteiger partial charge in [0.05, 0.1) is 11.7 Å². The van der Waals surface area contributed by atoms with Crippen LogP contribution >= 0.6 is 0 Å². The van der Waals surface area contributed by atoms with Crippen LogP contribution in [-0.2, 0) is 14.3 Å². The van der Waals surface area contributed by atoms with Crippen molar-refractivity contribution < 1.29 is 23.8 Å². The van der Waals surface area contributed by atoms with Crippen molar-refractivity contribution in [3.8, 4) is 5.75 Å². The molecule has 0 N–H and O–H groups in total. The van der Waals surface area contributed by atoms with E-state index in [9.17, 15) is 9.59 Å². The Morgan fingerprint density at radius 2 is 1.64 bits per heavy atom. The summed E-state index contributed by atoms with van der Waals surface area (Å²) >= 11 is 0. The highest BCUT2D eigenvalue weighted by molar-refractivity contribution is 5.95. The van der Waals surface area contributed by atoms with Crippen molar-refractivity contribution in [1.29, 1.82) is 0 Å². The molecular weight excluding hydrogens is 320 g/mol. The molecule has 0 heterocycles. The molecule has 2 aromatic carbocycles. The summed E-state index contributed by atoms with van der Waals surface area (Å²) in [5.74, 6) is -0.172. The van der Waals surface area contributed by atoms with Crippen LogP contribution < -0.4 is 4.74 Å². The minimum absolute atomic E-state index is 0.000908. The van der Waals surface area contributed by atoms with Gasteiger partial charge < -0.3 is 14.2 Å². The lowest BCUT2D eigenvalue weighted by atomic mass is 10.1. The second kappa shape index (κ2) is 8.33. The summed E-state index contributed by atoms with van der Waals surface area (Å²) in [6.07, 6.45) is 0.102. The summed E-state index contributed by atoms with van der Waals surface area (Å²) in [6.45, 7) is 8.97. The maximum absolute atomic E-state index is 12.1. The Morgan fingerprint density at radius 3 is 2.32 bits per heavy atom. The summed E-state index contributed by atoms with van der Waals surface area (Å²) in [4.78, 5) is 23.3. The van der Waals surface area contributed by atoms with E-state index in [-0.39, 0.29) is 19.3 Å². The Labute approximate surface area is 147 Å². The maximum atomic E-state index is 12.1. The van der Waals surface area contributed by atoms with Gasteiger partial charge in [0.25, 0.3) is 0 Å². The highest BCUT2D eigenvalue weighted by Gasteiger charge is 2.10. The van der Waals surface area contributed by atoms with Gasteiger partial charge in [0.1, 0.15) is 19.0 Å². The molecule has 0 unspecified atom stereocenters. The molecular formula is C20H22O5. The standard InChI is InChI=1S/C20H22O5/c1-13(2)19(21)23-9-10-24-20(22)17-6-5-16-12-18(25-14(3)4)8-7-15(16)11-17/h5-8,11-12,14H,1,9-10H2,2-4H3. The number of ether oxygens (including phenoxy) is 3. The van der Waals surface area contributed by atoms with Gasteiger partial charge in [0.2, 0.25) is 0 Å². The summed E-state index contributed by atoms with van der Waals surface area (Å²) < 4.78 is 15.7. The molecule has 0 aromatic heterocycles. The number of benzene rings is 2. The van der Waals surface area contributed by atoms with Gasteiger partial charge in [-0.15, -0.1) is 0 Å². The van der Waals surface area contributed by atoms with Crippen molar-refractivity contribution in [2.24, 2.45) is 0 Å². The van der Waals surface area contributed by atoms with Gasteiger partial charge in [-0.1, -0.05) is 18.7 Å². The van der Waals surface area contributed by atoms with Gasteiger partial charge in [0, 0.05) is 5.57 Å². The molecule has 0 bridgehead atoms. The van der Waals surface area contributed by atoms with E-state index in [1.165, 1.54) is 0 Å². The monoisotopic (exact) mass is 342 g/mol. The molecule has 0 amide bonds. The molecule has 0 atom stereocenters. The van der Waals surface area contributed by atoms with Crippen molar-refractivity contribution in [3.63, 3.8) is 0 Å². The number of esters is 2. The summed E-state index contributed by atoms with van der Waals surface area (Å²) in [6, 6.07) is 11.0. The van der Waals surface area contributed by atoms with Gasteiger partial charge in [-0.05, 0) is 55.8 Å². The van der Waals surface area contributed by atoms with E-state index in [4.69, 9.17) is 14.2 Å². The first-order valence-corrected chi connectivity index (χ1v) is 8.07. The third-order valence-corrected chi connectivity index (χ3v) is 3.32. The minimum Gasteiger partial charge on any atom is -0.491 e. The van der Waals surface area contributed by atoms with E-state index in [0.717, 1.165) is 16.5 Å². The first-order chi connectivity index (χ1) is 11.9. The van der Waals surface area contributed by atoms with Gasteiger partial charge in [0.15, 0.2) is 0 Å². The first kappa shape index (κ1) is 18.5. The smallest absolute Gasteiger partial charge is 0.338 e. The summed E-state index contributed by atoms with van der Waals surface area (Å²) in [5.41, 5.74) is 0.748. The molecule has 2 aromatic rings. The normalized spacial score (nSPS) is 10.6. The molecule has 25 heavy (non-hydrogen) atoms. The second-order valence-electron chi connectivity index (χ2n) is 5.94. The zero-order valence-electron chi connectivity index (χ0n) is 14.7. The maximum Gasteiger partial charge on any atom is 0.338 e. The van der Waals surface area contributed by atoms with E-state index in [0.29, 0.717) is 11.1 Å². The van der Waals surface area contributed by atoms with Crippen LogP contribution in [0.2, 0.25) is 0 Å². The number of hydrogen-bond donors (Lipinski definition) is 0. The van der Waals surface area contributed by atoms with Crippen LogP contribution in [0.4, 0.5) is 0 Å². The minimum atomic E-state index is -0.499. The largest absolute Gasteiger partial charge is 0.491 e. The van der Waals surface area contributed by atoms with Gasteiger partial charge >= 0.3 is 11.9 Å². The van der Waals surface area contributed by atoms with E-state index in [2.05, 4.69) is 6.58 Å². The zero-order chi connectivity index (χ0) is 18.4. The van der Waals surface area contributed by atoms with Gasteiger partial charge in [-0.2, -0.15) is 0 Å². The molecule has 5 heteroatoms. The average molecular weight is 342 g/mol. The van der Waals surface area contributed by atoms with Gasteiger partial charge in [-0.3, -0.25) is 0 Å². The molecule has 0 saturated carbocycles. The molecule has 0 spiro atoms. The van der Waals surface area contributed by atoms with Crippen LogP contribution in [0.15, 0.2) is 48.6 Å². The Balaban J connectivity index is 1.97. The fourth-order valence-corrected chi connectivity index (χ4v) is 2.17. The average Bonchev–Trinajstić information content (AvgIpc) is 2.57. The predicted octanol–water partition coefficient (Wildman–Crippen LogP) is 3.90. The van der Waals surface area contributed by atoms with E-state index in [1.54, 1.807) is 19.1 Å². The quantitative estimate of drug-likeness (QED) is 0.434. The molecule has 0 radical (unpaired) electrons. The summed E-state index contributed by atoms with van der Waals surface area (Å²) in [7, 11) is 0. The summed E-state index contributed by atoms with van der Waals surface area (Å²) in [5, 5.41) is 1.89. The molecule has 132 valence electrons. The fraction of sp³-hybridized carbons (Fsp3) is 0.300. The molecule has 0 aliphatic rings. The number of rotatable bonds is 7. The Morgan fingerprint density at radius 1 is 1.00 bits per heavy atom. The predicted molar refractivity (Wildman–Crippen MR) is 95.8 cm³/mol. The molecule has 0 aliphatic heterocycles. The third-order valence-electron chi connectivity index (χ3n) is 3.32. The van der Waals surface area contributed by atoms with Crippen LogP contribution in [0.25, 0.3) is 10.8 Å². The van der Waals surface area contributed by atoms with Crippen molar-refractivity contribution in [2.45, 2.75) is 26.9 Å². The van der Waals surface area contributed by atoms with Crippen LogP contribution in [-0.4, -0.2) is 31.3 Å².